The fourth-order valence-corrected chi connectivity index (χ4v) is 4.13. The number of methoxy groups -OCH3 is 1. The van der Waals surface area contributed by atoms with Crippen LogP contribution in [0, 0.1) is 0 Å². The van der Waals surface area contributed by atoms with Gasteiger partial charge in [-0.2, -0.15) is 0 Å². The topological polar surface area (TPSA) is 44.8 Å². The van der Waals surface area contributed by atoms with Crippen LogP contribution in [-0.4, -0.2) is 49.0 Å². The van der Waals surface area contributed by atoms with Crippen molar-refractivity contribution in [2.24, 2.45) is 0 Å². The summed E-state index contributed by atoms with van der Waals surface area (Å²) in [7, 11) is 1.62. The fourth-order valence-electron chi connectivity index (χ4n) is 4.13. The van der Waals surface area contributed by atoms with Crippen molar-refractivity contribution in [2.45, 2.75) is 19.5 Å². The molecule has 1 amide bonds. The Morgan fingerprint density at radius 2 is 1.34 bits per heavy atom. The molecule has 0 spiro atoms. The lowest BCUT2D eigenvalue weighted by atomic mass is 10.1. The standard InChI is InChI=1S/C27H31N3O2/c1-32-26-10-6-5-9-24(26)19-27(31)28-25-13-11-23(12-14-25)21-30-17-15-29(16-18-30)20-22-7-3-2-4-8-22/h2-14H,15-21H2,1H3,(H,28,31). The van der Waals surface area contributed by atoms with Crippen LogP contribution in [0.1, 0.15) is 16.7 Å². The van der Waals surface area contributed by atoms with Gasteiger partial charge in [-0.3, -0.25) is 14.6 Å². The summed E-state index contributed by atoms with van der Waals surface area (Å²) in [5, 5.41) is 2.99. The van der Waals surface area contributed by atoms with E-state index in [0.29, 0.717) is 6.42 Å². The molecule has 3 aromatic carbocycles. The van der Waals surface area contributed by atoms with E-state index in [4.69, 9.17) is 4.74 Å². The van der Waals surface area contributed by atoms with Gasteiger partial charge in [0.1, 0.15) is 5.75 Å². The number of amides is 1. The zero-order valence-electron chi connectivity index (χ0n) is 18.7. The van der Waals surface area contributed by atoms with Crippen molar-refractivity contribution in [3.63, 3.8) is 0 Å². The number of rotatable bonds is 8. The summed E-state index contributed by atoms with van der Waals surface area (Å²) in [6.45, 7) is 6.29. The minimum absolute atomic E-state index is 0.0446. The average molecular weight is 430 g/mol. The predicted octanol–water partition coefficient (Wildman–Crippen LogP) is 4.19. The van der Waals surface area contributed by atoms with E-state index in [-0.39, 0.29) is 5.91 Å². The second-order valence-electron chi connectivity index (χ2n) is 8.27. The van der Waals surface area contributed by atoms with E-state index in [1.165, 1.54) is 11.1 Å². The highest BCUT2D eigenvalue weighted by atomic mass is 16.5. The Morgan fingerprint density at radius 1 is 0.781 bits per heavy atom. The lowest BCUT2D eigenvalue weighted by Crippen LogP contribution is -2.45. The number of benzene rings is 3. The molecule has 0 bridgehead atoms. The van der Waals surface area contributed by atoms with E-state index in [2.05, 4.69) is 57.6 Å². The molecule has 0 atom stereocenters. The van der Waals surface area contributed by atoms with Gasteiger partial charge in [0.15, 0.2) is 0 Å². The fraction of sp³-hybridized carbons (Fsp3) is 0.296. The number of hydrogen-bond acceptors (Lipinski definition) is 4. The Balaban J connectivity index is 1.23. The van der Waals surface area contributed by atoms with Gasteiger partial charge in [0, 0.05) is 50.5 Å². The molecule has 0 saturated carbocycles. The normalized spacial score (nSPS) is 14.8. The number of nitrogens with one attached hydrogen (secondary N) is 1. The first kappa shape index (κ1) is 22.1. The van der Waals surface area contributed by atoms with E-state index < -0.39 is 0 Å². The molecule has 1 aliphatic rings. The Morgan fingerprint density at radius 3 is 1.97 bits per heavy atom. The zero-order valence-corrected chi connectivity index (χ0v) is 18.7. The number of nitrogens with zero attached hydrogens (tertiary/aromatic N) is 2. The number of anilines is 1. The minimum Gasteiger partial charge on any atom is -0.496 e. The van der Waals surface area contributed by atoms with Gasteiger partial charge in [0.2, 0.25) is 5.91 Å². The van der Waals surface area contributed by atoms with Gasteiger partial charge in [0.25, 0.3) is 0 Å². The van der Waals surface area contributed by atoms with Crippen LogP contribution < -0.4 is 10.1 Å². The molecule has 4 rings (SSSR count). The highest BCUT2D eigenvalue weighted by Gasteiger charge is 2.17. The number of carbonyl (C=O) groups is 1. The summed E-state index contributed by atoms with van der Waals surface area (Å²) >= 11 is 0. The molecule has 1 saturated heterocycles. The molecule has 5 nitrogen and oxygen atoms in total. The molecule has 5 heteroatoms. The molecular weight excluding hydrogens is 398 g/mol. The number of ether oxygens (including phenoxy) is 1. The molecule has 0 unspecified atom stereocenters. The van der Waals surface area contributed by atoms with Gasteiger partial charge in [-0.05, 0) is 29.3 Å². The van der Waals surface area contributed by atoms with Crippen molar-refractivity contribution in [1.82, 2.24) is 9.80 Å². The molecule has 0 radical (unpaired) electrons. The summed E-state index contributed by atoms with van der Waals surface area (Å²) in [6.07, 6.45) is 0.291. The Bertz CT molecular complexity index is 997. The SMILES string of the molecule is COc1ccccc1CC(=O)Nc1ccc(CN2CCN(Cc3ccccc3)CC2)cc1. The van der Waals surface area contributed by atoms with Crippen LogP contribution >= 0.6 is 0 Å². The van der Waals surface area contributed by atoms with Crippen molar-refractivity contribution in [3.05, 3.63) is 95.6 Å². The first-order valence-electron chi connectivity index (χ1n) is 11.2. The van der Waals surface area contributed by atoms with Gasteiger partial charge in [-0.25, -0.2) is 0 Å². The van der Waals surface area contributed by atoms with Crippen molar-refractivity contribution in [1.29, 1.82) is 0 Å². The van der Waals surface area contributed by atoms with E-state index >= 15 is 0 Å². The molecule has 1 N–H and O–H groups in total. The molecule has 1 aliphatic heterocycles. The van der Waals surface area contributed by atoms with Crippen molar-refractivity contribution < 1.29 is 9.53 Å². The number of para-hydroxylation sites is 1. The third-order valence-corrected chi connectivity index (χ3v) is 5.90. The quantitative estimate of drug-likeness (QED) is 0.583. The lowest BCUT2D eigenvalue weighted by Gasteiger charge is -2.34. The van der Waals surface area contributed by atoms with Crippen molar-refractivity contribution >= 4 is 11.6 Å². The van der Waals surface area contributed by atoms with Crippen LogP contribution in [-0.2, 0) is 24.3 Å². The third-order valence-electron chi connectivity index (χ3n) is 5.90. The average Bonchev–Trinajstić information content (AvgIpc) is 2.82. The summed E-state index contributed by atoms with van der Waals surface area (Å²) in [6, 6.07) is 26.5. The van der Waals surface area contributed by atoms with Gasteiger partial charge in [-0.15, -0.1) is 0 Å². The summed E-state index contributed by atoms with van der Waals surface area (Å²) < 4.78 is 5.33. The maximum atomic E-state index is 12.4. The van der Waals surface area contributed by atoms with Crippen LogP contribution in [0.15, 0.2) is 78.9 Å². The first-order chi connectivity index (χ1) is 15.7. The third kappa shape index (κ3) is 6.19. The highest BCUT2D eigenvalue weighted by molar-refractivity contribution is 5.92. The predicted molar refractivity (Wildman–Crippen MR) is 129 cm³/mol. The van der Waals surface area contributed by atoms with Gasteiger partial charge < -0.3 is 10.1 Å². The van der Waals surface area contributed by atoms with Crippen LogP contribution in [0.25, 0.3) is 0 Å². The lowest BCUT2D eigenvalue weighted by molar-refractivity contribution is -0.115. The smallest absolute Gasteiger partial charge is 0.228 e. The van der Waals surface area contributed by atoms with Gasteiger partial charge >= 0.3 is 0 Å². The van der Waals surface area contributed by atoms with E-state index in [1.807, 2.05) is 36.4 Å². The molecule has 0 aromatic heterocycles. The van der Waals surface area contributed by atoms with E-state index in [1.54, 1.807) is 7.11 Å². The maximum absolute atomic E-state index is 12.4. The number of carbonyl (C=O) groups excluding carboxylic acids is 1. The molecular formula is C27H31N3O2. The molecule has 166 valence electrons. The molecule has 3 aromatic rings. The summed E-state index contributed by atoms with van der Waals surface area (Å²) in [5.41, 5.74) is 4.35. The zero-order chi connectivity index (χ0) is 22.2. The van der Waals surface area contributed by atoms with Crippen LogP contribution in [0.4, 0.5) is 5.69 Å². The van der Waals surface area contributed by atoms with E-state index in [0.717, 1.165) is 56.3 Å². The summed E-state index contributed by atoms with van der Waals surface area (Å²) in [5.74, 6) is 0.693. The maximum Gasteiger partial charge on any atom is 0.228 e. The number of piperazine rings is 1. The molecule has 32 heavy (non-hydrogen) atoms. The monoisotopic (exact) mass is 429 g/mol. The Hall–Kier alpha value is -3.15. The van der Waals surface area contributed by atoms with Gasteiger partial charge in [-0.1, -0.05) is 60.7 Å². The summed E-state index contributed by atoms with van der Waals surface area (Å²) in [4.78, 5) is 17.5. The largest absolute Gasteiger partial charge is 0.496 e. The number of hydrogen-bond donors (Lipinski definition) is 1. The first-order valence-corrected chi connectivity index (χ1v) is 11.2. The van der Waals surface area contributed by atoms with Crippen LogP contribution in [0.2, 0.25) is 0 Å². The molecule has 0 aliphatic carbocycles. The molecule has 1 fully saturated rings. The second kappa shape index (κ2) is 10.9. The second-order valence-corrected chi connectivity index (χ2v) is 8.27. The highest BCUT2D eigenvalue weighted by Crippen LogP contribution is 2.19. The van der Waals surface area contributed by atoms with Crippen LogP contribution in [0.5, 0.6) is 5.75 Å². The van der Waals surface area contributed by atoms with Crippen molar-refractivity contribution in [3.8, 4) is 5.75 Å². The Labute approximate surface area is 190 Å². The van der Waals surface area contributed by atoms with E-state index in [9.17, 15) is 4.79 Å². The Kier molecular flexibility index (Phi) is 7.54. The van der Waals surface area contributed by atoms with Crippen LogP contribution in [0.3, 0.4) is 0 Å². The van der Waals surface area contributed by atoms with Gasteiger partial charge in [0.05, 0.1) is 13.5 Å². The van der Waals surface area contributed by atoms with Crippen molar-refractivity contribution in [2.75, 3.05) is 38.6 Å². The minimum atomic E-state index is -0.0446. The molecule has 1 heterocycles.